The van der Waals surface area contributed by atoms with Gasteiger partial charge in [-0.15, -0.1) is 0 Å². The number of H-pyrrole nitrogens is 1. The number of imidazole rings is 1. The molecule has 1 heterocycles. The predicted molar refractivity (Wildman–Crippen MR) is 129 cm³/mol. The first kappa shape index (κ1) is 23.3. The minimum atomic E-state index is -0.583. The number of aromatic nitrogens is 2. The number of nitrogens with zero attached hydrogens (tertiary/aromatic N) is 1. The highest BCUT2D eigenvalue weighted by atomic mass is 16.5. The van der Waals surface area contributed by atoms with Gasteiger partial charge in [-0.2, -0.15) is 0 Å². The van der Waals surface area contributed by atoms with Gasteiger partial charge in [0.1, 0.15) is 5.82 Å². The maximum atomic E-state index is 13.0. The Bertz CT molecular complexity index is 1200. The summed E-state index contributed by atoms with van der Waals surface area (Å²) < 4.78 is 9.73. The Morgan fingerprint density at radius 3 is 2.47 bits per heavy atom. The van der Waals surface area contributed by atoms with E-state index in [4.69, 9.17) is 9.47 Å². The zero-order chi connectivity index (χ0) is 24.1. The van der Waals surface area contributed by atoms with Gasteiger partial charge in [0, 0.05) is 17.2 Å². The highest BCUT2D eigenvalue weighted by Gasteiger charge is 2.23. The number of amides is 2. The molecule has 2 amide bonds. The molecule has 3 N–H and O–H groups in total. The van der Waals surface area contributed by atoms with E-state index in [2.05, 4.69) is 20.6 Å². The molecule has 1 saturated carbocycles. The second kappa shape index (κ2) is 10.4. The normalized spacial score (nSPS) is 13.9. The van der Waals surface area contributed by atoms with Gasteiger partial charge >= 0.3 is 12.1 Å². The van der Waals surface area contributed by atoms with E-state index in [1.165, 1.54) is 7.11 Å². The molecule has 34 heavy (non-hydrogen) atoms. The van der Waals surface area contributed by atoms with Crippen molar-refractivity contribution in [3.05, 3.63) is 42.0 Å². The van der Waals surface area contributed by atoms with E-state index in [0.717, 1.165) is 37.7 Å². The van der Waals surface area contributed by atoms with Crippen LogP contribution in [0.2, 0.25) is 0 Å². The van der Waals surface area contributed by atoms with Crippen LogP contribution in [0.4, 0.5) is 16.2 Å². The van der Waals surface area contributed by atoms with Gasteiger partial charge in [-0.1, -0.05) is 31.4 Å². The first-order chi connectivity index (χ1) is 16.5. The van der Waals surface area contributed by atoms with E-state index in [0.29, 0.717) is 33.8 Å². The molecule has 1 fully saturated rings. The molecule has 0 saturated heterocycles. The number of carbonyl (C=O) groups excluding carboxylic acids is 3. The van der Waals surface area contributed by atoms with E-state index in [9.17, 15) is 14.4 Å². The molecule has 0 atom stereocenters. The van der Waals surface area contributed by atoms with Crippen molar-refractivity contribution >= 4 is 40.4 Å². The van der Waals surface area contributed by atoms with Crippen molar-refractivity contribution in [2.75, 3.05) is 24.4 Å². The fraction of sp³-hybridized carbons (Fsp3) is 0.360. The summed E-state index contributed by atoms with van der Waals surface area (Å²) in [6.45, 7) is 1.97. The molecule has 1 aliphatic rings. The van der Waals surface area contributed by atoms with Gasteiger partial charge in [-0.3, -0.25) is 10.1 Å². The molecule has 178 valence electrons. The van der Waals surface area contributed by atoms with Gasteiger partial charge in [-0.25, -0.2) is 14.6 Å². The summed E-state index contributed by atoms with van der Waals surface area (Å²) in [6, 6.07) is 10.3. The Hall–Kier alpha value is -3.88. The van der Waals surface area contributed by atoms with Gasteiger partial charge < -0.3 is 19.8 Å². The van der Waals surface area contributed by atoms with E-state index in [1.54, 1.807) is 43.3 Å². The van der Waals surface area contributed by atoms with Crippen molar-refractivity contribution in [1.29, 1.82) is 0 Å². The minimum absolute atomic E-state index is 0.0290. The molecule has 0 radical (unpaired) electrons. The second-order valence-corrected chi connectivity index (χ2v) is 8.24. The lowest BCUT2D eigenvalue weighted by Gasteiger charge is -2.21. The van der Waals surface area contributed by atoms with Crippen molar-refractivity contribution in [2.45, 2.75) is 39.0 Å². The third kappa shape index (κ3) is 5.19. The molecule has 4 rings (SSSR count). The van der Waals surface area contributed by atoms with Crippen LogP contribution in [0.1, 0.15) is 49.4 Å². The number of carbonyl (C=O) groups is 3. The van der Waals surface area contributed by atoms with Crippen LogP contribution in [0.25, 0.3) is 22.4 Å². The molecule has 3 aromatic rings. The Labute approximate surface area is 197 Å². The molecule has 0 bridgehead atoms. The third-order valence-electron chi connectivity index (χ3n) is 5.93. The number of aromatic amines is 1. The van der Waals surface area contributed by atoms with Crippen LogP contribution < -0.4 is 10.6 Å². The number of esters is 1. The van der Waals surface area contributed by atoms with Gasteiger partial charge in [0.25, 0.3) is 0 Å². The van der Waals surface area contributed by atoms with Crippen LogP contribution in [0.3, 0.4) is 0 Å². The Morgan fingerprint density at radius 1 is 1.06 bits per heavy atom. The largest absolute Gasteiger partial charge is 0.465 e. The van der Waals surface area contributed by atoms with Crippen LogP contribution in [0.15, 0.2) is 36.4 Å². The molecule has 0 spiro atoms. The van der Waals surface area contributed by atoms with Crippen molar-refractivity contribution in [1.82, 2.24) is 9.97 Å². The van der Waals surface area contributed by atoms with Crippen LogP contribution in [0.5, 0.6) is 0 Å². The smallest absolute Gasteiger partial charge is 0.411 e. The van der Waals surface area contributed by atoms with Crippen LogP contribution in [-0.2, 0) is 14.3 Å². The number of nitrogens with one attached hydrogen (secondary N) is 3. The lowest BCUT2D eigenvalue weighted by atomic mass is 9.88. The van der Waals surface area contributed by atoms with E-state index < -0.39 is 12.1 Å². The number of anilines is 2. The van der Waals surface area contributed by atoms with Crippen LogP contribution in [0, 0.1) is 5.92 Å². The molecule has 9 nitrogen and oxygen atoms in total. The van der Waals surface area contributed by atoms with Crippen LogP contribution in [-0.4, -0.2) is 41.7 Å². The zero-order valence-electron chi connectivity index (χ0n) is 19.3. The number of fused-ring (bicyclic) bond motifs is 1. The summed E-state index contributed by atoms with van der Waals surface area (Å²) in [7, 11) is 1.33. The number of benzene rings is 2. The zero-order valence-corrected chi connectivity index (χ0v) is 19.3. The number of methoxy groups -OCH3 is 1. The average molecular weight is 465 g/mol. The van der Waals surface area contributed by atoms with Crippen molar-refractivity contribution in [3.63, 3.8) is 0 Å². The van der Waals surface area contributed by atoms with E-state index >= 15 is 0 Å². The summed E-state index contributed by atoms with van der Waals surface area (Å²) in [5.41, 5.74) is 3.40. The number of hydrogen-bond acceptors (Lipinski definition) is 6. The van der Waals surface area contributed by atoms with Crippen molar-refractivity contribution < 1.29 is 23.9 Å². The lowest BCUT2D eigenvalue weighted by Crippen LogP contribution is -2.25. The predicted octanol–water partition coefficient (Wildman–Crippen LogP) is 5.10. The van der Waals surface area contributed by atoms with E-state index in [1.807, 2.05) is 0 Å². The summed E-state index contributed by atoms with van der Waals surface area (Å²) >= 11 is 0. The standard InChI is InChI=1S/C25H28N4O5/c1-3-34-25(32)26-18-13-19-21(20(14-18)28-23(30)16-7-5-4-6-8-16)29-22(27-19)15-9-11-17(12-10-15)24(31)33-2/h9-14,16H,3-8H2,1-2H3,(H,26,32)(H,27,29)(H,28,30). The fourth-order valence-corrected chi connectivity index (χ4v) is 4.19. The topological polar surface area (TPSA) is 122 Å². The average Bonchev–Trinajstić information content (AvgIpc) is 3.29. The molecule has 2 aromatic carbocycles. The van der Waals surface area contributed by atoms with Gasteiger partial charge in [0.05, 0.1) is 36.0 Å². The molecule has 0 aliphatic heterocycles. The minimum Gasteiger partial charge on any atom is -0.465 e. The van der Waals surface area contributed by atoms with E-state index in [-0.39, 0.29) is 18.4 Å². The maximum absolute atomic E-state index is 13.0. The number of rotatable bonds is 6. The van der Waals surface area contributed by atoms with Crippen molar-refractivity contribution in [2.24, 2.45) is 5.92 Å². The van der Waals surface area contributed by atoms with Gasteiger partial charge in [-0.05, 0) is 44.0 Å². The highest BCUT2D eigenvalue weighted by molar-refractivity contribution is 6.04. The summed E-state index contributed by atoms with van der Waals surface area (Å²) in [5, 5.41) is 5.72. The highest BCUT2D eigenvalue weighted by Crippen LogP contribution is 2.32. The molecule has 0 unspecified atom stereocenters. The lowest BCUT2D eigenvalue weighted by molar-refractivity contribution is -0.120. The summed E-state index contributed by atoms with van der Waals surface area (Å²) in [6.07, 6.45) is 4.42. The molecular weight excluding hydrogens is 436 g/mol. The number of hydrogen-bond donors (Lipinski definition) is 3. The number of ether oxygens (including phenoxy) is 2. The summed E-state index contributed by atoms with van der Waals surface area (Å²) in [4.78, 5) is 44.6. The molecule has 1 aliphatic carbocycles. The molecular formula is C25H28N4O5. The maximum Gasteiger partial charge on any atom is 0.411 e. The second-order valence-electron chi connectivity index (χ2n) is 8.24. The van der Waals surface area contributed by atoms with Gasteiger partial charge in [0.15, 0.2) is 0 Å². The SMILES string of the molecule is CCOC(=O)Nc1cc(NC(=O)C2CCCCC2)c2[nH]c(-c3ccc(C(=O)OC)cc3)nc2c1. The fourth-order valence-electron chi connectivity index (χ4n) is 4.19. The third-order valence-corrected chi connectivity index (χ3v) is 5.93. The first-order valence-electron chi connectivity index (χ1n) is 11.5. The monoisotopic (exact) mass is 464 g/mol. The Kier molecular flexibility index (Phi) is 7.10. The summed E-state index contributed by atoms with van der Waals surface area (Å²) in [5.74, 6) is 0.0815. The first-order valence-corrected chi connectivity index (χ1v) is 11.5. The quantitative estimate of drug-likeness (QED) is 0.436. The van der Waals surface area contributed by atoms with Gasteiger partial charge in [0.2, 0.25) is 5.91 Å². The molecule has 9 heteroatoms. The molecule has 1 aromatic heterocycles. The van der Waals surface area contributed by atoms with Crippen molar-refractivity contribution in [3.8, 4) is 11.4 Å². The van der Waals surface area contributed by atoms with Crippen LogP contribution >= 0.6 is 0 Å². The Balaban J connectivity index is 1.68. The Morgan fingerprint density at radius 2 is 1.79 bits per heavy atom.